The van der Waals surface area contributed by atoms with Crippen LogP contribution in [0, 0.1) is 0 Å². The van der Waals surface area contributed by atoms with E-state index in [0.717, 1.165) is 6.29 Å². The van der Waals surface area contributed by atoms with Crippen LogP contribution in [0.15, 0.2) is 12.1 Å². The number of carbonyl (C=O) groups is 1. The van der Waals surface area contributed by atoms with Crippen molar-refractivity contribution in [3.05, 3.63) is 23.3 Å². The summed E-state index contributed by atoms with van der Waals surface area (Å²) in [6.45, 7) is 0. The van der Waals surface area contributed by atoms with Crippen LogP contribution in [0.2, 0.25) is 0 Å². The Bertz CT molecular complexity index is 520. The molecule has 0 N–H and O–H groups in total. The van der Waals surface area contributed by atoms with Gasteiger partial charge < -0.3 is 14.2 Å². The molecule has 0 aromatic heterocycles. The third kappa shape index (κ3) is 3.28. The first kappa shape index (κ1) is 14.8. The summed E-state index contributed by atoms with van der Waals surface area (Å²) in [6, 6.07) is 1.62. The summed E-state index contributed by atoms with van der Waals surface area (Å²) in [6.07, 6.45) is 8.81. The van der Waals surface area contributed by atoms with E-state index >= 15 is 0 Å². The molecule has 1 unspecified atom stereocenters. The van der Waals surface area contributed by atoms with Gasteiger partial charge in [0.05, 0.1) is 14.2 Å². The predicted octanol–water partition coefficient (Wildman–Crippen LogP) is 3.35. The zero-order valence-electron chi connectivity index (χ0n) is 11.6. The van der Waals surface area contributed by atoms with Crippen LogP contribution in [-0.4, -0.2) is 25.9 Å². The van der Waals surface area contributed by atoms with E-state index in [2.05, 4.69) is 12.6 Å². The molecule has 1 aromatic rings. The number of hydrogen-bond donors (Lipinski definition) is 1. The van der Waals surface area contributed by atoms with Crippen molar-refractivity contribution in [2.24, 2.45) is 0 Å². The molecule has 0 bridgehead atoms. The van der Waals surface area contributed by atoms with Gasteiger partial charge in [-0.15, -0.1) is 12.6 Å². The molecule has 1 aliphatic carbocycles. The highest BCUT2D eigenvalue weighted by Gasteiger charge is 2.23. The minimum Gasteiger partial charge on any atom is -0.493 e. The fraction of sp³-hybridized carbons (Fsp3) is 0.400. The first-order chi connectivity index (χ1) is 9.71. The van der Waals surface area contributed by atoms with Crippen LogP contribution in [0.1, 0.15) is 35.2 Å². The van der Waals surface area contributed by atoms with Crippen LogP contribution in [0.25, 0.3) is 6.08 Å². The number of hydrogen-bond acceptors (Lipinski definition) is 5. The molecule has 5 heteroatoms. The second-order valence-electron chi connectivity index (χ2n) is 4.49. The molecule has 20 heavy (non-hydrogen) atoms. The minimum absolute atomic E-state index is 0.358. The highest BCUT2D eigenvalue weighted by atomic mass is 32.1. The molecule has 0 spiro atoms. The Morgan fingerprint density at radius 1 is 1.30 bits per heavy atom. The van der Waals surface area contributed by atoms with Gasteiger partial charge in [-0.2, -0.15) is 0 Å². The number of aldehydes is 1. The van der Waals surface area contributed by atoms with Gasteiger partial charge in [0.2, 0.25) is 5.75 Å². The molecular formula is C15H18O4S. The van der Waals surface area contributed by atoms with E-state index in [-0.39, 0.29) is 5.44 Å². The lowest BCUT2D eigenvalue weighted by Crippen LogP contribution is -2.12. The summed E-state index contributed by atoms with van der Waals surface area (Å²) in [7, 11) is 3.03. The van der Waals surface area contributed by atoms with Gasteiger partial charge in [-0.3, -0.25) is 4.79 Å². The van der Waals surface area contributed by atoms with Gasteiger partial charge in [-0.05, 0) is 18.2 Å². The number of ether oxygens (including phenoxy) is 3. The highest BCUT2D eigenvalue weighted by molar-refractivity contribution is 7.81. The molecule has 1 aromatic carbocycles. The van der Waals surface area contributed by atoms with Crippen LogP contribution in [0.4, 0.5) is 0 Å². The zero-order valence-corrected chi connectivity index (χ0v) is 12.5. The van der Waals surface area contributed by atoms with Gasteiger partial charge in [0.1, 0.15) is 0 Å². The van der Waals surface area contributed by atoms with Crippen molar-refractivity contribution in [3.63, 3.8) is 0 Å². The molecule has 0 saturated heterocycles. The summed E-state index contributed by atoms with van der Waals surface area (Å²) in [5.41, 5.74) is 0.820. The van der Waals surface area contributed by atoms with Gasteiger partial charge in [0.15, 0.2) is 23.2 Å². The Balaban J connectivity index is 0.000000432. The molecule has 1 heterocycles. The Hall–Kier alpha value is -1.62. The molecule has 1 atom stereocenters. The fourth-order valence-corrected chi connectivity index (χ4v) is 1.91. The lowest BCUT2D eigenvalue weighted by Gasteiger charge is -2.22. The topological polar surface area (TPSA) is 44.8 Å². The van der Waals surface area contributed by atoms with Gasteiger partial charge in [0, 0.05) is 11.1 Å². The quantitative estimate of drug-likeness (QED) is 0.686. The number of carbonyl (C=O) groups excluding carboxylic acids is 1. The molecule has 3 rings (SSSR count). The SMILES string of the molecule is C1CC1.COc1cc(C=O)c2c(c1OC)OC(S)C=C2. The maximum Gasteiger partial charge on any atom is 0.204 e. The standard InChI is InChI=1S/C12H12O4S.C3H6/c1-14-9-5-7(6-13)8-3-4-10(17)16-11(8)12(9)15-2;1-2-3-1/h3-6,10,17H,1-2H3;1-3H2. The number of benzene rings is 1. The molecule has 0 radical (unpaired) electrons. The Kier molecular flexibility index (Phi) is 4.95. The molecule has 2 aliphatic rings. The second kappa shape index (κ2) is 6.70. The van der Waals surface area contributed by atoms with Crippen LogP contribution < -0.4 is 14.2 Å². The predicted molar refractivity (Wildman–Crippen MR) is 81.2 cm³/mol. The summed E-state index contributed by atoms with van der Waals surface area (Å²) in [4.78, 5) is 11.0. The van der Waals surface area contributed by atoms with Gasteiger partial charge in [0.25, 0.3) is 0 Å². The van der Waals surface area contributed by atoms with E-state index in [1.807, 2.05) is 0 Å². The maximum absolute atomic E-state index is 11.0. The Labute approximate surface area is 124 Å². The number of fused-ring (bicyclic) bond motifs is 1. The third-order valence-electron chi connectivity index (χ3n) is 2.84. The number of thiol groups is 1. The van der Waals surface area contributed by atoms with E-state index in [1.54, 1.807) is 18.2 Å². The lowest BCUT2D eigenvalue weighted by atomic mass is 10.0. The zero-order chi connectivity index (χ0) is 14.5. The second-order valence-corrected chi connectivity index (χ2v) is 5.00. The normalized spacial score (nSPS) is 18.1. The van der Waals surface area contributed by atoms with E-state index in [0.29, 0.717) is 28.4 Å². The van der Waals surface area contributed by atoms with Gasteiger partial charge in [-0.1, -0.05) is 19.3 Å². The van der Waals surface area contributed by atoms with Crippen molar-refractivity contribution in [2.75, 3.05) is 14.2 Å². The van der Waals surface area contributed by atoms with Gasteiger partial charge >= 0.3 is 0 Å². The number of rotatable bonds is 3. The van der Waals surface area contributed by atoms with Crippen LogP contribution in [0.3, 0.4) is 0 Å². The third-order valence-corrected chi connectivity index (χ3v) is 3.12. The Morgan fingerprint density at radius 3 is 2.50 bits per heavy atom. The van der Waals surface area contributed by atoms with E-state index in [9.17, 15) is 4.79 Å². The van der Waals surface area contributed by atoms with Crippen molar-refractivity contribution < 1.29 is 19.0 Å². The molecule has 1 fully saturated rings. The Morgan fingerprint density at radius 2 is 2.00 bits per heavy atom. The fourth-order valence-electron chi connectivity index (χ4n) is 1.72. The molecule has 0 amide bonds. The van der Waals surface area contributed by atoms with Crippen molar-refractivity contribution in [1.82, 2.24) is 0 Å². The number of methoxy groups -OCH3 is 2. The molecule has 1 saturated carbocycles. The van der Waals surface area contributed by atoms with Crippen molar-refractivity contribution >= 4 is 25.0 Å². The lowest BCUT2D eigenvalue weighted by molar-refractivity contribution is 0.112. The largest absolute Gasteiger partial charge is 0.493 e. The highest BCUT2D eigenvalue weighted by Crippen LogP contribution is 2.44. The molecule has 1 aliphatic heterocycles. The van der Waals surface area contributed by atoms with Crippen LogP contribution in [0.5, 0.6) is 17.2 Å². The average molecular weight is 294 g/mol. The molecule has 4 nitrogen and oxygen atoms in total. The average Bonchev–Trinajstić information content (AvgIpc) is 3.33. The summed E-state index contributed by atoms with van der Waals surface area (Å²) in [5.74, 6) is 1.41. The summed E-state index contributed by atoms with van der Waals surface area (Å²) >= 11 is 4.21. The van der Waals surface area contributed by atoms with E-state index in [4.69, 9.17) is 14.2 Å². The first-order valence-corrected chi connectivity index (χ1v) is 7.00. The monoisotopic (exact) mass is 294 g/mol. The minimum atomic E-state index is -0.358. The molecular weight excluding hydrogens is 276 g/mol. The van der Waals surface area contributed by atoms with E-state index < -0.39 is 0 Å². The van der Waals surface area contributed by atoms with Crippen LogP contribution in [-0.2, 0) is 0 Å². The van der Waals surface area contributed by atoms with Crippen molar-refractivity contribution in [2.45, 2.75) is 24.7 Å². The van der Waals surface area contributed by atoms with Crippen LogP contribution >= 0.6 is 12.6 Å². The maximum atomic E-state index is 11.0. The first-order valence-electron chi connectivity index (χ1n) is 6.48. The van der Waals surface area contributed by atoms with Gasteiger partial charge in [-0.25, -0.2) is 0 Å². The van der Waals surface area contributed by atoms with E-state index in [1.165, 1.54) is 33.5 Å². The van der Waals surface area contributed by atoms with Crippen molar-refractivity contribution in [3.8, 4) is 17.2 Å². The summed E-state index contributed by atoms with van der Waals surface area (Å²) in [5, 5.41) is 0. The molecule has 108 valence electrons. The summed E-state index contributed by atoms with van der Waals surface area (Å²) < 4.78 is 16.0. The smallest absolute Gasteiger partial charge is 0.204 e. The van der Waals surface area contributed by atoms with Crippen molar-refractivity contribution in [1.29, 1.82) is 0 Å².